The van der Waals surface area contributed by atoms with Gasteiger partial charge in [-0.15, -0.1) is 0 Å². The summed E-state index contributed by atoms with van der Waals surface area (Å²) in [5.41, 5.74) is 5.25. The van der Waals surface area contributed by atoms with Gasteiger partial charge < -0.3 is 24.2 Å². The predicted octanol–water partition coefficient (Wildman–Crippen LogP) is 8.69. The van der Waals surface area contributed by atoms with Crippen LogP contribution in [0.15, 0.2) is 48.7 Å². The fraction of sp³-hybridized carbons (Fsp3) is 0.487. The molecule has 48 heavy (non-hydrogen) atoms. The highest BCUT2D eigenvalue weighted by Gasteiger charge is 2.38. The molecular formula is C39H48FN3O5. The van der Waals surface area contributed by atoms with Crippen molar-refractivity contribution in [1.29, 1.82) is 0 Å². The number of benzene rings is 2. The Hall–Kier alpha value is -3.95. The average molecular weight is 658 g/mol. The molecule has 256 valence electrons. The van der Waals surface area contributed by atoms with Gasteiger partial charge in [-0.05, 0) is 122 Å². The van der Waals surface area contributed by atoms with E-state index in [1.54, 1.807) is 6.07 Å². The Morgan fingerprint density at radius 2 is 1.81 bits per heavy atom. The molecule has 1 saturated heterocycles. The van der Waals surface area contributed by atoms with Crippen molar-refractivity contribution < 1.29 is 28.5 Å². The van der Waals surface area contributed by atoms with Gasteiger partial charge in [0.1, 0.15) is 23.0 Å². The fourth-order valence-electron chi connectivity index (χ4n) is 6.98. The molecule has 2 aromatic heterocycles. The summed E-state index contributed by atoms with van der Waals surface area (Å²) in [6.45, 7) is 15.9. The number of imidazole rings is 1. The molecule has 0 spiro atoms. The van der Waals surface area contributed by atoms with Crippen molar-refractivity contribution in [2.24, 2.45) is 0 Å². The first-order valence-electron chi connectivity index (χ1n) is 17.1. The Morgan fingerprint density at radius 3 is 2.52 bits per heavy atom. The topological polar surface area (TPSA) is 85.5 Å². The van der Waals surface area contributed by atoms with Crippen LogP contribution in [-0.2, 0) is 14.3 Å². The third-order valence-electron chi connectivity index (χ3n) is 9.75. The molecule has 0 radical (unpaired) electrons. The molecule has 8 nitrogen and oxygen atoms in total. The van der Waals surface area contributed by atoms with Gasteiger partial charge in [-0.3, -0.25) is 4.40 Å². The number of hydrogen-bond donors (Lipinski definition) is 1. The third-order valence-corrected chi connectivity index (χ3v) is 9.75. The maximum atomic E-state index is 14.7. The maximum Gasteiger partial charge on any atom is 0.337 e. The van der Waals surface area contributed by atoms with Crippen LogP contribution in [0.25, 0.3) is 28.0 Å². The van der Waals surface area contributed by atoms with E-state index >= 15 is 0 Å². The Bertz CT molecular complexity index is 1820. The molecule has 2 atom stereocenters. The summed E-state index contributed by atoms with van der Waals surface area (Å²) in [5.74, 6) is 0.0541. The molecule has 5 heterocycles. The summed E-state index contributed by atoms with van der Waals surface area (Å²) in [6.07, 6.45) is 5.08. The average Bonchev–Trinajstić information content (AvgIpc) is 3.48. The number of nitrogens with zero attached hydrogens (tertiary/aromatic N) is 3. The van der Waals surface area contributed by atoms with E-state index in [0.717, 1.165) is 71.5 Å². The maximum absolute atomic E-state index is 14.7. The quantitative estimate of drug-likeness (QED) is 0.236. The molecular weight excluding hydrogens is 609 g/mol. The van der Waals surface area contributed by atoms with Crippen LogP contribution < -0.4 is 9.64 Å². The number of halogens is 1. The van der Waals surface area contributed by atoms with E-state index in [-0.39, 0.29) is 17.5 Å². The highest BCUT2D eigenvalue weighted by Crippen LogP contribution is 2.41. The van der Waals surface area contributed by atoms with Crippen LogP contribution in [0, 0.1) is 19.7 Å². The van der Waals surface area contributed by atoms with Crippen LogP contribution in [0.2, 0.25) is 0 Å². The van der Waals surface area contributed by atoms with Crippen LogP contribution in [-0.4, -0.2) is 57.5 Å². The Kier molecular flexibility index (Phi) is 9.30. The number of anilines is 1. The number of ether oxygens (including phenoxy) is 3. The molecule has 7 rings (SSSR count). The molecule has 1 fully saturated rings. The molecule has 4 aromatic rings. The largest absolute Gasteiger partial charge is 0.490 e. The minimum atomic E-state index is -1.18. The van der Waals surface area contributed by atoms with Crippen molar-refractivity contribution in [3.05, 3.63) is 71.2 Å². The van der Waals surface area contributed by atoms with E-state index in [9.17, 15) is 14.3 Å². The number of pyridine rings is 1. The third kappa shape index (κ3) is 6.94. The number of aromatic nitrogens is 2. The van der Waals surface area contributed by atoms with Crippen LogP contribution in [0.3, 0.4) is 0 Å². The second-order valence-electron chi connectivity index (χ2n) is 14.7. The first-order valence-corrected chi connectivity index (χ1v) is 17.1. The Morgan fingerprint density at radius 1 is 1.08 bits per heavy atom. The zero-order chi connectivity index (χ0) is 34.4. The molecule has 1 N–H and O–H groups in total. The lowest BCUT2D eigenvalue weighted by molar-refractivity contribution is -0.160. The van der Waals surface area contributed by atoms with Gasteiger partial charge in [0, 0.05) is 42.6 Å². The molecule has 0 aliphatic carbocycles. The van der Waals surface area contributed by atoms with E-state index < -0.39 is 17.7 Å². The number of carbonyl (C=O) groups is 1. The lowest BCUT2D eigenvalue weighted by Crippen LogP contribution is -2.45. The lowest BCUT2D eigenvalue weighted by atomic mass is 9.92. The monoisotopic (exact) mass is 657 g/mol. The minimum Gasteiger partial charge on any atom is -0.490 e. The lowest BCUT2D eigenvalue weighted by Gasteiger charge is -2.42. The van der Waals surface area contributed by atoms with Crippen molar-refractivity contribution in [3.8, 4) is 28.1 Å². The molecule has 6 bridgehead atoms. The van der Waals surface area contributed by atoms with Gasteiger partial charge in [0.15, 0.2) is 6.10 Å². The number of aliphatic carboxylic acids is 1. The summed E-state index contributed by atoms with van der Waals surface area (Å²) in [7, 11) is 0. The Balaban J connectivity index is 1.56. The molecule has 3 aliphatic heterocycles. The molecule has 2 aromatic carbocycles. The second-order valence-corrected chi connectivity index (χ2v) is 14.7. The molecule has 3 aliphatic rings. The van der Waals surface area contributed by atoms with Crippen molar-refractivity contribution in [2.75, 3.05) is 24.6 Å². The highest BCUT2D eigenvalue weighted by atomic mass is 19.1. The smallest absolute Gasteiger partial charge is 0.337 e. The van der Waals surface area contributed by atoms with Crippen LogP contribution in [0.4, 0.5) is 10.2 Å². The van der Waals surface area contributed by atoms with E-state index in [0.29, 0.717) is 36.6 Å². The molecule has 0 unspecified atom stereocenters. The van der Waals surface area contributed by atoms with Gasteiger partial charge in [-0.25, -0.2) is 14.2 Å². The van der Waals surface area contributed by atoms with E-state index in [2.05, 4.69) is 18.7 Å². The van der Waals surface area contributed by atoms with E-state index in [1.807, 2.05) is 69.5 Å². The molecule has 0 amide bonds. The van der Waals surface area contributed by atoms with Gasteiger partial charge in [0.25, 0.3) is 0 Å². The number of carboxylic acid groups (broad SMARTS) is 1. The summed E-state index contributed by atoms with van der Waals surface area (Å²) in [5, 5.41) is 10.6. The van der Waals surface area contributed by atoms with Crippen LogP contribution in [0.1, 0.15) is 89.5 Å². The standard InChI is InChI=1S/C39H48FN3O5/c1-24-11-8-9-20-46-39(7)16-18-42(19-17-39)36-33(34(37(44)45)48-38(4,5)6)25(2)26(3)35-41-31(23-43(35)36)28-13-10-12-27(21-28)30-22-29(40)14-15-32(30)47-24/h10,12-15,21-24,34H,8-9,11,16-20H2,1-7H3,(H,44,45)/t24-,34+/m1/s1. The number of aryl methyl sites for hydroxylation is 1. The van der Waals surface area contributed by atoms with Crippen molar-refractivity contribution in [3.63, 3.8) is 0 Å². The van der Waals surface area contributed by atoms with Crippen molar-refractivity contribution in [2.45, 2.75) is 104 Å². The molecule has 0 saturated carbocycles. The molecule has 9 heteroatoms. The first-order chi connectivity index (χ1) is 22.7. The number of piperidine rings is 1. The fourth-order valence-corrected chi connectivity index (χ4v) is 6.98. The van der Waals surface area contributed by atoms with Gasteiger partial charge in [-0.2, -0.15) is 0 Å². The summed E-state index contributed by atoms with van der Waals surface area (Å²) >= 11 is 0. The summed E-state index contributed by atoms with van der Waals surface area (Å²) in [4.78, 5) is 20.4. The summed E-state index contributed by atoms with van der Waals surface area (Å²) < 4.78 is 35.9. The first kappa shape index (κ1) is 33.9. The van der Waals surface area contributed by atoms with E-state index in [4.69, 9.17) is 19.2 Å². The number of hydrogen-bond acceptors (Lipinski definition) is 6. The van der Waals surface area contributed by atoms with Crippen molar-refractivity contribution >= 4 is 17.4 Å². The van der Waals surface area contributed by atoms with E-state index in [1.165, 1.54) is 12.1 Å². The van der Waals surface area contributed by atoms with Gasteiger partial charge in [-0.1, -0.05) is 18.2 Å². The highest BCUT2D eigenvalue weighted by molar-refractivity contribution is 5.81. The zero-order valence-electron chi connectivity index (χ0n) is 29.2. The predicted molar refractivity (Wildman–Crippen MR) is 186 cm³/mol. The Labute approximate surface area is 282 Å². The summed E-state index contributed by atoms with van der Waals surface area (Å²) in [6, 6.07) is 12.6. The SMILES string of the molecule is Cc1c([C@H](OC(C)(C)C)C(=O)O)c2n3cc(nc3c1C)-c1cccc(c1)-c1cc(F)ccc1O[C@H](C)CCCCOC1(C)CCN2CC1. The normalized spacial score (nSPS) is 21.2. The minimum absolute atomic E-state index is 0.0454. The zero-order valence-corrected chi connectivity index (χ0v) is 29.2. The van der Waals surface area contributed by atoms with Gasteiger partial charge in [0.05, 0.1) is 23.0 Å². The second kappa shape index (κ2) is 13.2. The van der Waals surface area contributed by atoms with Gasteiger partial charge >= 0.3 is 5.97 Å². The van der Waals surface area contributed by atoms with Crippen LogP contribution in [0.5, 0.6) is 5.75 Å². The number of carboxylic acids is 1. The number of fused-ring (bicyclic) bond motifs is 8. The van der Waals surface area contributed by atoms with Gasteiger partial charge in [0.2, 0.25) is 0 Å². The van der Waals surface area contributed by atoms with Crippen LogP contribution >= 0.6 is 0 Å². The number of rotatable bonds is 3. The van der Waals surface area contributed by atoms with Crippen molar-refractivity contribution in [1.82, 2.24) is 9.38 Å².